The van der Waals surface area contributed by atoms with Gasteiger partial charge < -0.3 is 15.1 Å². The predicted octanol–water partition coefficient (Wildman–Crippen LogP) is 4.22. The van der Waals surface area contributed by atoms with Crippen LogP contribution < -0.4 is 0 Å². The fourth-order valence-corrected chi connectivity index (χ4v) is 3.76. The van der Waals surface area contributed by atoms with Crippen molar-refractivity contribution in [3.8, 4) is 22.6 Å². The summed E-state index contributed by atoms with van der Waals surface area (Å²) in [4.78, 5) is 26.3. The summed E-state index contributed by atoms with van der Waals surface area (Å²) in [5.74, 6) is -0.563. The van der Waals surface area contributed by atoms with E-state index >= 15 is 0 Å². The van der Waals surface area contributed by atoms with Gasteiger partial charge in [0.2, 0.25) is 0 Å². The Morgan fingerprint density at radius 1 is 1.18 bits per heavy atom. The standard InChI is InChI=1S/C23H27NO4/c1-3-4-5-8-17-13-19(26)20(16-9-6-7-15(2)12-16)22(27)21(17)23(28)24-11-10-18(25)14-24/h6-7,9,12-13,26-27H,3-5,8,10-11,14H2,1-2H3. The maximum Gasteiger partial charge on any atom is 0.258 e. The number of nitrogens with zero attached hydrogens (tertiary/aromatic N) is 1. The maximum absolute atomic E-state index is 13.2. The van der Waals surface area contributed by atoms with E-state index in [9.17, 15) is 19.8 Å². The molecule has 0 atom stereocenters. The minimum Gasteiger partial charge on any atom is -0.507 e. The number of phenolic OH excluding ortho intramolecular Hbond substituents is 2. The number of amides is 1. The van der Waals surface area contributed by atoms with Crippen molar-refractivity contribution in [2.45, 2.75) is 46.0 Å². The van der Waals surface area contributed by atoms with E-state index in [1.807, 2.05) is 25.1 Å². The van der Waals surface area contributed by atoms with Crippen LogP contribution in [0.4, 0.5) is 0 Å². The Bertz CT molecular complexity index is 904. The van der Waals surface area contributed by atoms with Crippen molar-refractivity contribution in [2.24, 2.45) is 0 Å². The lowest BCUT2D eigenvalue weighted by Crippen LogP contribution is -2.29. The molecular formula is C23H27NO4. The Kier molecular flexibility index (Phi) is 6.02. The van der Waals surface area contributed by atoms with Crippen molar-refractivity contribution in [1.29, 1.82) is 0 Å². The van der Waals surface area contributed by atoms with E-state index in [4.69, 9.17) is 0 Å². The van der Waals surface area contributed by atoms with Crippen LogP contribution in [0.3, 0.4) is 0 Å². The van der Waals surface area contributed by atoms with Crippen LogP contribution in [-0.4, -0.2) is 39.9 Å². The molecule has 1 amide bonds. The zero-order valence-corrected chi connectivity index (χ0v) is 16.5. The molecule has 1 heterocycles. The molecule has 0 radical (unpaired) electrons. The van der Waals surface area contributed by atoms with Gasteiger partial charge in [-0.15, -0.1) is 0 Å². The van der Waals surface area contributed by atoms with Gasteiger partial charge in [-0.3, -0.25) is 9.59 Å². The first-order chi connectivity index (χ1) is 13.4. The monoisotopic (exact) mass is 381 g/mol. The Hall–Kier alpha value is -2.82. The van der Waals surface area contributed by atoms with Gasteiger partial charge in [0.15, 0.2) is 5.78 Å². The highest BCUT2D eigenvalue weighted by Gasteiger charge is 2.30. The summed E-state index contributed by atoms with van der Waals surface area (Å²) in [7, 11) is 0. The number of benzene rings is 2. The highest BCUT2D eigenvalue weighted by Crippen LogP contribution is 2.42. The number of unbranched alkanes of at least 4 members (excludes halogenated alkanes) is 2. The first-order valence-electron chi connectivity index (χ1n) is 9.88. The van der Waals surface area contributed by atoms with Crippen molar-refractivity contribution < 1.29 is 19.8 Å². The predicted molar refractivity (Wildman–Crippen MR) is 109 cm³/mol. The van der Waals surface area contributed by atoms with Crippen molar-refractivity contribution in [1.82, 2.24) is 4.90 Å². The molecule has 3 rings (SSSR count). The second-order valence-electron chi connectivity index (χ2n) is 7.50. The lowest BCUT2D eigenvalue weighted by Gasteiger charge is -2.21. The number of hydrogen-bond acceptors (Lipinski definition) is 4. The highest BCUT2D eigenvalue weighted by atomic mass is 16.3. The van der Waals surface area contributed by atoms with E-state index in [0.29, 0.717) is 30.5 Å². The highest BCUT2D eigenvalue weighted by molar-refractivity contribution is 6.04. The summed E-state index contributed by atoms with van der Waals surface area (Å²) >= 11 is 0. The zero-order chi connectivity index (χ0) is 20.3. The second-order valence-corrected chi connectivity index (χ2v) is 7.50. The topological polar surface area (TPSA) is 77.8 Å². The van der Waals surface area contributed by atoms with Gasteiger partial charge in [-0.05, 0) is 37.0 Å². The molecule has 1 saturated heterocycles. The second kappa shape index (κ2) is 8.46. The van der Waals surface area contributed by atoms with Crippen molar-refractivity contribution in [3.05, 3.63) is 47.0 Å². The van der Waals surface area contributed by atoms with Gasteiger partial charge in [0.1, 0.15) is 11.5 Å². The molecule has 5 nitrogen and oxygen atoms in total. The third kappa shape index (κ3) is 4.03. The molecule has 2 aromatic carbocycles. The van der Waals surface area contributed by atoms with Gasteiger partial charge in [-0.2, -0.15) is 0 Å². The SMILES string of the molecule is CCCCCc1cc(O)c(-c2cccc(C)c2)c(O)c1C(=O)N1CCC(=O)C1. The van der Waals surface area contributed by atoms with Gasteiger partial charge in [0, 0.05) is 13.0 Å². The first-order valence-corrected chi connectivity index (χ1v) is 9.88. The molecule has 1 aliphatic heterocycles. The number of aromatic hydroxyl groups is 2. The summed E-state index contributed by atoms with van der Waals surface area (Å²) in [6.07, 6.45) is 3.82. The van der Waals surface area contributed by atoms with Crippen LogP contribution in [0.25, 0.3) is 11.1 Å². The van der Waals surface area contributed by atoms with Gasteiger partial charge in [-0.1, -0.05) is 49.6 Å². The van der Waals surface area contributed by atoms with Crippen LogP contribution in [-0.2, 0) is 11.2 Å². The van der Waals surface area contributed by atoms with Crippen LogP contribution in [0, 0.1) is 6.92 Å². The summed E-state index contributed by atoms with van der Waals surface area (Å²) < 4.78 is 0. The van der Waals surface area contributed by atoms with E-state index < -0.39 is 0 Å². The Balaban J connectivity index is 2.11. The average molecular weight is 381 g/mol. The number of rotatable bonds is 6. The minimum absolute atomic E-state index is 0.0260. The van der Waals surface area contributed by atoms with Gasteiger partial charge in [0.05, 0.1) is 17.7 Å². The van der Waals surface area contributed by atoms with Crippen LogP contribution in [0.15, 0.2) is 30.3 Å². The number of Topliss-reactive ketones (excluding diaryl/α,β-unsaturated/α-hetero) is 1. The number of carbonyl (C=O) groups excluding carboxylic acids is 2. The molecule has 5 heteroatoms. The number of aryl methyl sites for hydroxylation is 2. The summed E-state index contributed by atoms with van der Waals surface area (Å²) in [6, 6.07) is 9.03. The molecule has 0 bridgehead atoms. The lowest BCUT2D eigenvalue weighted by atomic mass is 9.92. The number of phenols is 2. The molecule has 148 valence electrons. The van der Waals surface area contributed by atoms with Crippen molar-refractivity contribution in [3.63, 3.8) is 0 Å². The van der Waals surface area contributed by atoms with Crippen LogP contribution in [0.2, 0.25) is 0 Å². The number of likely N-dealkylation sites (tertiary alicyclic amines) is 1. The molecule has 0 unspecified atom stereocenters. The summed E-state index contributed by atoms with van der Waals surface area (Å²) in [5, 5.41) is 21.7. The van der Waals surface area contributed by atoms with Gasteiger partial charge in [-0.25, -0.2) is 0 Å². The normalized spacial score (nSPS) is 13.9. The molecule has 2 aromatic rings. The van der Waals surface area contributed by atoms with Gasteiger partial charge >= 0.3 is 0 Å². The van der Waals surface area contributed by atoms with Crippen LogP contribution in [0.1, 0.15) is 54.1 Å². The molecule has 2 N–H and O–H groups in total. The van der Waals surface area contributed by atoms with E-state index in [1.54, 1.807) is 12.1 Å². The van der Waals surface area contributed by atoms with Crippen molar-refractivity contribution in [2.75, 3.05) is 13.1 Å². The molecule has 0 saturated carbocycles. The summed E-state index contributed by atoms with van der Waals surface area (Å²) in [5.41, 5.74) is 2.74. The van der Waals surface area contributed by atoms with Crippen molar-refractivity contribution >= 4 is 11.7 Å². The zero-order valence-electron chi connectivity index (χ0n) is 16.5. The first kappa shape index (κ1) is 19.9. The molecule has 1 aliphatic rings. The van der Waals surface area contributed by atoms with E-state index in [1.165, 1.54) is 4.90 Å². The molecule has 0 spiro atoms. The van der Waals surface area contributed by atoms with E-state index in [2.05, 4.69) is 6.92 Å². The number of hydrogen-bond donors (Lipinski definition) is 2. The fraction of sp³-hybridized carbons (Fsp3) is 0.391. The fourth-order valence-electron chi connectivity index (χ4n) is 3.76. The largest absolute Gasteiger partial charge is 0.507 e. The van der Waals surface area contributed by atoms with Crippen LogP contribution >= 0.6 is 0 Å². The molecule has 28 heavy (non-hydrogen) atoms. The molecule has 1 fully saturated rings. The molecule has 0 aromatic heterocycles. The average Bonchev–Trinajstić information content (AvgIpc) is 3.08. The molecular weight excluding hydrogens is 354 g/mol. The van der Waals surface area contributed by atoms with Crippen LogP contribution in [0.5, 0.6) is 11.5 Å². The third-order valence-electron chi connectivity index (χ3n) is 5.25. The quantitative estimate of drug-likeness (QED) is 0.735. The minimum atomic E-state index is -0.344. The Morgan fingerprint density at radius 3 is 2.61 bits per heavy atom. The molecule has 0 aliphatic carbocycles. The van der Waals surface area contributed by atoms with Gasteiger partial charge in [0.25, 0.3) is 5.91 Å². The third-order valence-corrected chi connectivity index (χ3v) is 5.25. The number of ketones is 1. The number of carbonyl (C=O) groups is 2. The maximum atomic E-state index is 13.2. The summed E-state index contributed by atoms with van der Waals surface area (Å²) in [6.45, 7) is 4.47. The Morgan fingerprint density at radius 2 is 1.96 bits per heavy atom. The lowest BCUT2D eigenvalue weighted by molar-refractivity contribution is -0.116. The van der Waals surface area contributed by atoms with E-state index in [0.717, 1.165) is 24.8 Å². The smallest absolute Gasteiger partial charge is 0.258 e. The van der Waals surface area contributed by atoms with E-state index in [-0.39, 0.29) is 40.9 Å². The Labute approximate surface area is 165 Å².